The van der Waals surface area contributed by atoms with Crippen LogP contribution >= 0.6 is 0 Å². The highest BCUT2D eigenvalue weighted by atomic mass is 16.5. The average molecular weight is 378 g/mol. The Morgan fingerprint density at radius 2 is 1.75 bits per heavy atom. The van der Waals surface area contributed by atoms with Crippen LogP contribution in [-0.4, -0.2) is 28.2 Å². The lowest BCUT2D eigenvalue weighted by molar-refractivity contribution is -0.123. The zero-order valence-corrected chi connectivity index (χ0v) is 15.8. The van der Waals surface area contributed by atoms with Crippen molar-refractivity contribution in [2.24, 2.45) is 0 Å². The maximum atomic E-state index is 12.2. The second-order valence-corrected chi connectivity index (χ2v) is 6.51. The zero-order valence-electron chi connectivity index (χ0n) is 15.8. The molecule has 2 amide bonds. The quantitative estimate of drug-likeness (QED) is 0.645. The standard InChI is InChI=1S/C21H22N4O3/c1-15-10-16(2)12-19(11-15)28-14-20(26)23-24-21(27)18-6-4-17(5-7-18)13-25-9-3-8-22-25/h3-12H,13-14H2,1-2H3,(H,23,26)(H,24,27). The predicted octanol–water partition coefficient (Wildman–Crippen LogP) is 2.39. The first-order valence-corrected chi connectivity index (χ1v) is 8.86. The van der Waals surface area contributed by atoms with Crippen LogP contribution in [0.2, 0.25) is 0 Å². The Kier molecular flexibility index (Phi) is 6.06. The molecule has 28 heavy (non-hydrogen) atoms. The van der Waals surface area contributed by atoms with Gasteiger partial charge in [-0.25, -0.2) is 0 Å². The highest BCUT2D eigenvalue weighted by Gasteiger charge is 2.08. The van der Waals surface area contributed by atoms with E-state index in [9.17, 15) is 9.59 Å². The molecule has 0 saturated heterocycles. The minimum atomic E-state index is -0.442. The number of carbonyl (C=O) groups is 2. The Morgan fingerprint density at radius 3 is 2.39 bits per heavy atom. The van der Waals surface area contributed by atoms with Crippen molar-refractivity contribution in [3.05, 3.63) is 83.2 Å². The fraction of sp³-hybridized carbons (Fsp3) is 0.190. The van der Waals surface area contributed by atoms with Gasteiger partial charge in [0.05, 0.1) is 6.54 Å². The molecule has 0 aliphatic rings. The highest BCUT2D eigenvalue weighted by Crippen LogP contribution is 2.15. The molecule has 0 spiro atoms. The van der Waals surface area contributed by atoms with Gasteiger partial charge in [-0.1, -0.05) is 18.2 Å². The number of nitrogens with zero attached hydrogens (tertiary/aromatic N) is 2. The Hall–Kier alpha value is -3.61. The molecule has 0 atom stereocenters. The molecular weight excluding hydrogens is 356 g/mol. The van der Waals surface area contributed by atoms with Gasteiger partial charge in [-0.3, -0.25) is 25.1 Å². The van der Waals surface area contributed by atoms with E-state index in [2.05, 4.69) is 16.0 Å². The summed E-state index contributed by atoms with van der Waals surface area (Å²) in [6.07, 6.45) is 3.59. The normalized spacial score (nSPS) is 10.4. The third kappa shape index (κ3) is 5.44. The predicted molar refractivity (Wildman–Crippen MR) is 105 cm³/mol. The fourth-order valence-corrected chi connectivity index (χ4v) is 2.74. The van der Waals surface area contributed by atoms with Crippen molar-refractivity contribution in [2.45, 2.75) is 20.4 Å². The van der Waals surface area contributed by atoms with Crippen molar-refractivity contribution in [3.63, 3.8) is 0 Å². The molecular formula is C21H22N4O3. The number of aromatic nitrogens is 2. The number of hydrogen-bond donors (Lipinski definition) is 2. The van der Waals surface area contributed by atoms with Gasteiger partial charge in [-0.2, -0.15) is 5.10 Å². The van der Waals surface area contributed by atoms with Crippen LogP contribution in [0.5, 0.6) is 5.75 Å². The van der Waals surface area contributed by atoms with Gasteiger partial charge in [0, 0.05) is 18.0 Å². The summed E-state index contributed by atoms with van der Waals surface area (Å²) in [7, 11) is 0. The Bertz CT molecular complexity index is 930. The van der Waals surface area contributed by atoms with E-state index >= 15 is 0 Å². The summed E-state index contributed by atoms with van der Waals surface area (Å²) in [5.74, 6) is -0.222. The summed E-state index contributed by atoms with van der Waals surface area (Å²) in [5.41, 5.74) is 8.31. The van der Waals surface area contributed by atoms with Crippen LogP contribution in [0.4, 0.5) is 0 Å². The van der Waals surface area contributed by atoms with Gasteiger partial charge in [0.15, 0.2) is 6.61 Å². The third-order valence-corrected chi connectivity index (χ3v) is 4.00. The van der Waals surface area contributed by atoms with Crippen LogP contribution in [0.3, 0.4) is 0 Å². The Labute approximate surface area is 163 Å². The minimum Gasteiger partial charge on any atom is -0.484 e. The van der Waals surface area contributed by atoms with Gasteiger partial charge >= 0.3 is 0 Å². The fourth-order valence-electron chi connectivity index (χ4n) is 2.74. The van der Waals surface area contributed by atoms with Gasteiger partial charge in [0.2, 0.25) is 0 Å². The third-order valence-electron chi connectivity index (χ3n) is 4.00. The van der Waals surface area contributed by atoms with Crippen molar-refractivity contribution in [3.8, 4) is 5.75 Å². The average Bonchev–Trinajstić information content (AvgIpc) is 3.17. The number of ether oxygens (including phenoxy) is 1. The molecule has 0 saturated carbocycles. The first kappa shape index (κ1) is 19.2. The molecule has 0 aliphatic carbocycles. The van der Waals surface area contributed by atoms with Crippen LogP contribution in [0.1, 0.15) is 27.0 Å². The molecule has 144 valence electrons. The van der Waals surface area contributed by atoms with Crippen molar-refractivity contribution in [2.75, 3.05) is 6.61 Å². The lowest BCUT2D eigenvalue weighted by Crippen LogP contribution is -2.43. The van der Waals surface area contributed by atoms with E-state index < -0.39 is 11.8 Å². The lowest BCUT2D eigenvalue weighted by Gasteiger charge is -2.10. The lowest BCUT2D eigenvalue weighted by atomic mass is 10.1. The molecule has 3 aromatic rings. The van der Waals surface area contributed by atoms with Gasteiger partial charge < -0.3 is 4.74 Å². The molecule has 1 heterocycles. The first-order valence-electron chi connectivity index (χ1n) is 8.86. The molecule has 7 heteroatoms. The van der Waals surface area contributed by atoms with Crippen molar-refractivity contribution >= 4 is 11.8 Å². The molecule has 2 aromatic carbocycles. The van der Waals surface area contributed by atoms with E-state index in [0.29, 0.717) is 17.9 Å². The molecule has 2 N–H and O–H groups in total. The number of benzene rings is 2. The molecule has 0 radical (unpaired) electrons. The summed E-state index contributed by atoms with van der Waals surface area (Å²) in [6, 6.07) is 14.7. The van der Waals surface area contributed by atoms with Gasteiger partial charge in [0.25, 0.3) is 11.8 Å². The molecule has 0 fully saturated rings. The zero-order chi connectivity index (χ0) is 19.9. The maximum absolute atomic E-state index is 12.2. The smallest absolute Gasteiger partial charge is 0.276 e. The van der Waals surface area contributed by atoms with Gasteiger partial charge in [-0.15, -0.1) is 0 Å². The summed E-state index contributed by atoms with van der Waals surface area (Å²) in [4.78, 5) is 24.1. The number of nitrogens with one attached hydrogen (secondary N) is 2. The SMILES string of the molecule is Cc1cc(C)cc(OCC(=O)NNC(=O)c2ccc(Cn3cccn3)cc2)c1. The second-order valence-electron chi connectivity index (χ2n) is 6.51. The van der Waals surface area contributed by atoms with E-state index in [1.807, 2.05) is 56.4 Å². The molecule has 0 bridgehead atoms. The van der Waals surface area contributed by atoms with Crippen molar-refractivity contribution in [1.29, 1.82) is 0 Å². The van der Waals surface area contributed by atoms with Crippen LogP contribution in [-0.2, 0) is 11.3 Å². The van der Waals surface area contributed by atoms with E-state index in [4.69, 9.17) is 4.74 Å². The highest BCUT2D eigenvalue weighted by molar-refractivity contribution is 5.95. The molecule has 0 aliphatic heterocycles. The summed E-state index contributed by atoms with van der Waals surface area (Å²) in [6.45, 7) is 4.36. The maximum Gasteiger partial charge on any atom is 0.276 e. The van der Waals surface area contributed by atoms with Crippen molar-refractivity contribution < 1.29 is 14.3 Å². The van der Waals surface area contributed by atoms with Crippen LogP contribution in [0.25, 0.3) is 0 Å². The molecule has 1 aromatic heterocycles. The molecule has 0 unspecified atom stereocenters. The number of hydrazine groups is 1. The number of amides is 2. The number of hydrogen-bond acceptors (Lipinski definition) is 4. The largest absolute Gasteiger partial charge is 0.484 e. The van der Waals surface area contributed by atoms with Crippen LogP contribution in [0, 0.1) is 13.8 Å². The van der Waals surface area contributed by atoms with E-state index in [-0.39, 0.29) is 6.61 Å². The van der Waals surface area contributed by atoms with Gasteiger partial charge in [-0.05, 0) is 60.9 Å². The van der Waals surface area contributed by atoms with Crippen LogP contribution in [0.15, 0.2) is 60.9 Å². The summed E-state index contributed by atoms with van der Waals surface area (Å²) in [5, 5.41) is 4.14. The van der Waals surface area contributed by atoms with E-state index in [0.717, 1.165) is 16.7 Å². The van der Waals surface area contributed by atoms with E-state index in [1.165, 1.54) is 0 Å². The van der Waals surface area contributed by atoms with Gasteiger partial charge in [0.1, 0.15) is 5.75 Å². The Morgan fingerprint density at radius 1 is 1.04 bits per heavy atom. The number of aryl methyl sites for hydroxylation is 2. The van der Waals surface area contributed by atoms with Crippen LogP contribution < -0.4 is 15.6 Å². The minimum absolute atomic E-state index is 0.189. The molecule has 7 nitrogen and oxygen atoms in total. The first-order chi connectivity index (χ1) is 13.5. The molecule has 3 rings (SSSR count). The van der Waals surface area contributed by atoms with E-state index in [1.54, 1.807) is 23.0 Å². The second kappa shape index (κ2) is 8.85. The topological polar surface area (TPSA) is 85.3 Å². The summed E-state index contributed by atoms with van der Waals surface area (Å²) >= 11 is 0. The van der Waals surface area contributed by atoms with Crippen molar-refractivity contribution in [1.82, 2.24) is 20.6 Å². The summed E-state index contributed by atoms with van der Waals surface area (Å²) < 4.78 is 7.26. The Balaban J connectivity index is 1.45. The monoisotopic (exact) mass is 378 g/mol. The number of carbonyl (C=O) groups excluding carboxylic acids is 2. The number of rotatable bonds is 6.